The van der Waals surface area contributed by atoms with E-state index in [1.54, 1.807) is 53.2 Å². The zero-order chi connectivity index (χ0) is 22.8. The quantitative estimate of drug-likeness (QED) is 0.500. The molecule has 1 N–H and O–H groups in total. The van der Waals surface area contributed by atoms with Crippen LogP contribution in [0.4, 0.5) is 5.69 Å². The summed E-state index contributed by atoms with van der Waals surface area (Å²) in [7, 11) is 0. The second-order valence-corrected chi connectivity index (χ2v) is 7.55. The predicted octanol–water partition coefficient (Wildman–Crippen LogP) is 3.85. The van der Waals surface area contributed by atoms with Crippen molar-refractivity contribution < 1.29 is 19.0 Å². The molecule has 33 heavy (non-hydrogen) atoms. The Balaban J connectivity index is 1.19. The van der Waals surface area contributed by atoms with Gasteiger partial charge < -0.3 is 19.5 Å². The summed E-state index contributed by atoms with van der Waals surface area (Å²) in [4.78, 5) is 12.6. The van der Waals surface area contributed by atoms with Crippen LogP contribution in [0.25, 0.3) is 5.82 Å². The van der Waals surface area contributed by atoms with E-state index < -0.39 is 6.10 Å². The van der Waals surface area contributed by atoms with Gasteiger partial charge in [0.25, 0.3) is 5.91 Å². The first-order valence-electron chi connectivity index (χ1n) is 10.4. The predicted molar refractivity (Wildman–Crippen MR) is 120 cm³/mol. The number of nitrogens with zero attached hydrogens (tertiary/aromatic N) is 4. The van der Waals surface area contributed by atoms with Crippen LogP contribution in [-0.2, 0) is 4.79 Å². The lowest BCUT2D eigenvalue weighted by Gasteiger charge is -2.25. The molecule has 9 nitrogen and oxygen atoms in total. The molecule has 3 heterocycles. The number of amides is 1. The second kappa shape index (κ2) is 8.62. The molecule has 5 rings (SSSR count). The van der Waals surface area contributed by atoms with Crippen molar-refractivity contribution in [2.45, 2.75) is 20.0 Å². The number of ether oxygens (including phenoxy) is 3. The minimum Gasteiger partial charge on any atom is -0.485 e. The van der Waals surface area contributed by atoms with Crippen LogP contribution in [0.1, 0.15) is 11.4 Å². The van der Waals surface area contributed by atoms with Crippen LogP contribution in [0.5, 0.6) is 23.1 Å². The van der Waals surface area contributed by atoms with Crippen LogP contribution in [-0.4, -0.2) is 38.6 Å². The molecule has 1 atom stereocenters. The molecule has 0 spiro atoms. The highest BCUT2D eigenvalue weighted by atomic mass is 16.6. The van der Waals surface area contributed by atoms with Crippen molar-refractivity contribution in [3.8, 4) is 28.9 Å². The number of para-hydroxylation sites is 2. The summed E-state index contributed by atoms with van der Waals surface area (Å²) >= 11 is 0. The average Bonchev–Trinajstić information content (AvgIpc) is 3.18. The van der Waals surface area contributed by atoms with Gasteiger partial charge in [-0.2, -0.15) is 5.10 Å². The van der Waals surface area contributed by atoms with Crippen molar-refractivity contribution in [3.05, 3.63) is 78.1 Å². The molecular weight excluding hydrogens is 422 g/mol. The largest absolute Gasteiger partial charge is 0.485 e. The molecule has 0 fully saturated rings. The lowest BCUT2D eigenvalue weighted by atomic mass is 10.2. The minimum absolute atomic E-state index is 0.149. The maximum atomic E-state index is 12.6. The number of aromatic nitrogens is 4. The molecule has 0 aliphatic carbocycles. The number of aryl methyl sites for hydroxylation is 2. The van der Waals surface area contributed by atoms with Gasteiger partial charge in [-0.1, -0.05) is 12.1 Å². The van der Waals surface area contributed by atoms with Gasteiger partial charge in [-0.05, 0) is 62.4 Å². The molecule has 9 heteroatoms. The van der Waals surface area contributed by atoms with E-state index in [2.05, 4.69) is 20.6 Å². The molecule has 1 amide bonds. The lowest BCUT2D eigenvalue weighted by Crippen LogP contribution is -2.40. The first-order valence-corrected chi connectivity index (χ1v) is 10.4. The molecule has 0 bridgehead atoms. The van der Waals surface area contributed by atoms with Gasteiger partial charge in [-0.15, -0.1) is 10.2 Å². The van der Waals surface area contributed by atoms with Gasteiger partial charge >= 0.3 is 0 Å². The Labute approximate surface area is 189 Å². The highest BCUT2D eigenvalue weighted by Crippen LogP contribution is 2.31. The fraction of sp³-hybridized carbons (Fsp3) is 0.167. The topological polar surface area (TPSA) is 100 Å². The van der Waals surface area contributed by atoms with E-state index in [1.807, 2.05) is 32.0 Å². The second-order valence-electron chi connectivity index (χ2n) is 7.55. The molecule has 166 valence electrons. The standard InChI is InChI=1S/C24H21N5O4/c1-15-13-16(2)29(28-15)22-11-12-23(27-26-22)32-18-9-7-17(8-10-18)25-24(30)21-14-31-19-5-3-4-6-20(19)33-21/h3-13,21H,14H2,1-2H3,(H,25,30). The average molecular weight is 443 g/mol. The first kappa shape index (κ1) is 20.5. The molecule has 2 aromatic heterocycles. The van der Waals surface area contributed by atoms with E-state index in [0.717, 1.165) is 11.4 Å². The van der Waals surface area contributed by atoms with Gasteiger partial charge in [-0.3, -0.25) is 4.79 Å². The third-order valence-electron chi connectivity index (χ3n) is 5.00. The van der Waals surface area contributed by atoms with Crippen molar-refractivity contribution in [2.75, 3.05) is 11.9 Å². The maximum Gasteiger partial charge on any atom is 0.269 e. The number of carbonyl (C=O) groups excluding carboxylic acids is 1. The molecule has 0 saturated heterocycles. The molecule has 0 radical (unpaired) electrons. The maximum absolute atomic E-state index is 12.6. The van der Waals surface area contributed by atoms with E-state index in [1.165, 1.54) is 0 Å². The molecule has 1 aliphatic heterocycles. The van der Waals surface area contributed by atoms with Crippen LogP contribution in [0.2, 0.25) is 0 Å². The van der Waals surface area contributed by atoms with Crippen molar-refractivity contribution in [3.63, 3.8) is 0 Å². The number of hydrogen-bond acceptors (Lipinski definition) is 7. The van der Waals surface area contributed by atoms with Gasteiger partial charge in [0, 0.05) is 17.4 Å². The smallest absolute Gasteiger partial charge is 0.269 e. The van der Waals surface area contributed by atoms with E-state index in [9.17, 15) is 4.79 Å². The number of nitrogens with one attached hydrogen (secondary N) is 1. The zero-order valence-corrected chi connectivity index (χ0v) is 18.1. The molecule has 0 saturated carbocycles. The van der Waals surface area contributed by atoms with Crippen LogP contribution in [0, 0.1) is 13.8 Å². The number of benzene rings is 2. The van der Waals surface area contributed by atoms with Crippen LogP contribution in [0.15, 0.2) is 66.7 Å². The Morgan fingerprint density at radius 2 is 1.82 bits per heavy atom. The third-order valence-corrected chi connectivity index (χ3v) is 5.00. The summed E-state index contributed by atoms with van der Waals surface area (Å²) in [6.45, 7) is 4.03. The van der Waals surface area contributed by atoms with E-state index in [4.69, 9.17) is 14.2 Å². The summed E-state index contributed by atoms with van der Waals surface area (Å²) in [6.07, 6.45) is -0.730. The molecular formula is C24H21N5O4. The van der Waals surface area contributed by atoms with Crippen LogP contribution >= 0.6 is 0 Å². The molecule has 1 aliphatic rings. The van der Waals surface area contributed by atoms with E-state index in [0.29, 0.717) is 34.6 Å². The molecule has 2 aromatic carbocycles. The summed E-state index contributed by atoms with van der Waals surface area (Å²) in [5.74, 6) is 2.42. The highest BCUT2D eigenvalue weighted by molar-refractivity contribution is 5.94. The van der Waals surface area contributed by atoms with Crippen molar-refractivity contribution >= 4 is 11.6 Å². The lowest BCUT2D eigenvalue weighted by molar-refractivity contribution is -0.125. The van der Waals surface area contributed by atoms with Gasteiger partial charge in [-0.25, -0.2) is 4.68 Å². The number of hydrogen-bond donors (Lipinski definition) is 1. The fourth-order valence-corrected chi connectivity index (χ4v) is 3.44. The van der Waals surface area contributed by atoms with E-state index >= 15 is 0 Å². The third kappa shape index (κ3) is 4.47. The van der Waals surface area contributed by atoms with Gasteiger partial charge in [0.15, 0.2) is 17.3 Å². The number of rotatable bonds is 5. The Hall–Kier alpha value is -4.40. The summed E-state index contributed by atoms with van der Waals surface area (Å²) in [5.41, 5.74) is 2.50. The Morgan fingerprint density at radius 3 is 2.52 bits per heavy atom. The normalized spacial score (nSPS) is 14.5. The summed E-state index contributed by atoms with van der Waals surface area (Å²) in [6, 6.07) is 19.7. The monoisotopic (exact) mass is 443 g/mol. The number of carbonyl (C=O) groups is 1. The van der Waals surface area contributed by atoms with Gasteiger partial charge in [0.2, 0.25) is 12.0 Å². The Kier molecular flexibility index (Phi) is 5.35. The van der Waals surface area contributed by atoms with Gasteiger partial charge in [0.1, 0.15) is 12.4 Å². The first-order chi connectivity index (χ1) is 16.0. The number of fused-ring (bicyclic) bond motifs is 1. The zero-order valence-electron chi connectivity index (χ0n) is 18.1. The van der Waals surface area contributed by atoms with Gasteiger partial charge in [0.05, 0.1) is 5.69 Å². The molecule has 1 unspecified atom stereocenters. The van der Waals surface area contributed by atoms with Crippen molar-refractivity contribution in [1.29, 1.82) is 0 Å². The van der Waals surface area contributed by atoms with Crippen LogP contribution < -0.4 is 19.5 Å². The minimum atomic E-state index is -0.730. The van der Waals surface area contributed by atoms with Crippen molar-refractivity contribution in [2.24, 2.45) is 0 Å². The van der Waals surface area contributed by atoms with E-state index in [-0.39, 0.29) is 12.5 Å². The fourth-order valence-electron chi connectivity index (χ4n) is 3.44. The van der Waals surface area contributed by atoms with Crippen LogP contribution in [0.3, 0.4) is 0 Å². The highest BCUT2D eigenvalue weighted by Gasteiger charge is 2.27. The van der Waals surface area contributed by atoms with Crippen molar-refractivity contribution in [1.82, 2.24) is 20.0 Å². The summed E-state index contributed by atoms with van der Waals surface area (Å²) in [5, 5.41) is 15.5. The SMILES string of the molecule is Cc1cc(C)n(-c2ccc(Oc3ccc(NC(=O)C4COc5ccccc5O4)cc3)nn2)n1. The number of anilines is 1. The summed E-state index contributed by atoms with van der Waals surface area (Å²) < 4.78 is 18.8. The Morgan fingerprint density at radius 1 is 1.03 bits per heavy atom. The molecule has 4 aromatic rings. The Bertz CT molecular complexity index is 1290.